The molecule has 0 bridgehead atoms. The van der Waals surface area contributed by atoms with Crippen molar-refractivity contribution in [1.29, 1.82) is 5.41 Å². The zero-order valence-electron chi connectivity index (χ0n) is 13.1. The van der Waals surface area contributed by atoms with Crippen LogP contribution in [0.25, 0.3) is 0 Å². The number of halogens is 1. The minimum absolute atomic E-state index is 0.262. The standard InChI is InChI=1S/C17H17FN6/c1-24-7-6-16(23-24)22-17-8-15(13(9-19)11-21-17)20-10-12-4-2-3-5-14(12)18/h2-9,11,19H,10H2,1H3,(H2,20,21,22,23). The van der Waals surface area contributed by atoms with Crippen molar-refractivity contribution in [3.63, 3.8) is 0 Å². The molecule has 0 fully saturated rings. The number of nitrogens with one attached hydrogen (secondary N) is 3. The second kappa shape index (κ2) is 6.91. The maximum atomic E-state index is 13.7. The molecule has 0 atom stereocenters. The van der Waals surface area contributed by atoms with E-state index in [9.17, 15) is 4.39 Å². The predicted molar refractivity (Wildman–Crippen MR) is 92.3 cm³/mol. The Morgan fingerprint density at radius 2 is 2.08 bits per heavy atom. The fraction of sp³-hybridized carbons (Fsp3) is 0.118. The fourth-order valence-corrected chi connectivity index (χ4v) is 2.25. The van der Waals surface area contributed by atoms with Gasteiger partial charge in [-0.15, -0.1) is 0 Å². The van der Waals surface area contributed by atoms with Crippen molar-refractivity contribution in [3.05, 3.63) is 65.7 Å². The van der Waals surface area contributed by atoms with Crippen molar-refractivity contribution in [3.8, 4) is 0 Å². The van der Waals surface area contributed by atoms with Crippen molar-refractivity contribution in [2.24, 2.45) is 7.05 Å². The minimum Gasteiger partial charge on any atom is -0.380 e. The molecule has 0 unspecified atom stereocenters. The lowest BCUT2D eigenvalue weighted by molar-refractivity contribution is 0.613. The van der Waals surface area contributed by atoms with Gasteiger partial charge in [0.05, 0.1) is 0 Å². The third-order valence-corrected chi connectivity index (χ3v) is 3.49. The van der Waals surface area contributed by atoms with E-state index in [4.69, 9.17) is 5.41 Å². The van der Waals surface area contributed by atoms with Crippen LogP contribution in [0.2, 0.25) is 0 Å². The first kappa shape index (κ1) is 15.7. The van der Waals surface area contributed by atoms with Gasteiger partial charge in [-0.2, -0.15) is 5.10 Å². The Hall–Kier alpha value is -3.22. The molecule has 0 aliphatic carbocycles. The lowest BCUT2D eigenvalue weighted by atomic mass is 10.2. The van der Waals surface area contributed by atoms with E-state index in [0.29, 0.717) is 35.0 Å². The Bertz CT molecular complexity index is 858. The molecule has 0 amide bonds. The number of hydrogen-bond acceptors (Lipinski definition) is 5. The van der Waals surface area contributed by atoms with E-state index in [1.54, 1.807) is 35.1 Å². The maximum Gasteiger partial charge on any atom is 0.153 e. The number of hydrogen-bond donors (Lipinski definition) is 3. The second-order valence-electron chi connectivity index (χ2n) is 5.25. The summed E-state index contributed by atoms with van der Waals surface area (Å²) >= 11 is 0. The van der Waals surface area contributed by atoms with Crippen molar-refractivity contribution in [1.82, 2.24) is 14.8 Å². The predicted octanol–water partition coefficient (Wildman–Crippen LogP) is 3.31. The van der Waals surface area contributed by atoms with Gasteiger partial charge in [-0.25, -0.2) is 9.37 Å². The van der Waals surface area contributed by atoms with Gasteiger partial charge in [0.2, 0.25) is 0 Å². The van der Waals surface area contributed by atoms with Crippen LogP contribution in [0.1, 0.15) is 11.1 Å². The number of aromatic nitrogens is 3. The summed E-state index contributed by atoms with van der Waals surface area (Å²) < 4.78 is 15.4. The highest BCUT2D eigenvalue weighted by Gasteiger charge is 2.07. The molecule has 1 aromatic carbocycles. The summed E-state index contributed by atoms with van der Waals surface area (Å²) in [6.07, 6.45) is 4.62. The number of rotatable bonds is 6. The Kier molecular flexibility index (Phi) is 4.51. The highest BCUT2D eigenvalue weighted by Crippen LogP contribution is 2.21. The average molecular weight is 324 g/mol. The van der Waals surface area contributed by atoms with Gasteiger partial charge in [0.1, 0.15) is 11.6 Å². The molecule has 2 aromatic heterocycles. The fourth-order valence-electron chi connectivity index (χ4n) is 2.25. The molecule has 24 heavy (non-hydrogen) atoms. The van der Waals surface area contributed by atoms with Crippen LogP contribution in [-0.4, -0.2) is 21.0 Å². The van der Waals surface area contributed by atoms with E-state index in [1.807, 2.05) is 19.3 Å². The maximum absolute atomic E-state index is 13.7. The SMILES string of the molecule is Cn1ccc(Nc2cc(NCc3ccccc3F)c(C=N)cn2)n1. The van der Waals surface area contributed by atoms with E-state index >= 15 is 0 Å². The minimum atomic E-state index is -0.262. The molecule has 2 heterocycles. The zero-order chi connectivity index (χ0) is 16.9. The van der Waals surface area contributed by atoms with Gasteiger partial charge in [-0.3, -0.25) is 4.68 Å². The van der Waals surface area contributed by atoms with Crippen LogP contribution in [0, 0.1) is 11.2 Å². The molecule has 3 aromatic rings. The highest BCUT2D eigenvalue weighted by molar-refractivity contribution is 5.86. The average Bonchev–Trinajstić information content (AvgIpc) is 2.99. The van der Waals surface area contributed by atoms with Crippen LogP contribution in [0.15, 0.2) is 48.8 Å². The van der Waals surface area contributed by atoms with Crippen LogP contribution in [0.3, 0.4) is 0 Å². The summed E-state index contributed by atoms with van der Waals surface area (Å²) in [5, 5.41) is 18.0. The summed E-state index contributed by atoms with van der Waals surface area (Å²) in [5.74, 6) is 1.00. The number of nitrogens with zero attached hydrogens (tertiary/aromatic N) is 3. The molecule has 0 aliphatic rings. The quantitative estimate of drug-likeness (QED) is 0.608. The molecule has 6 nitrogen and oxygen atoms in total. The Labute approximate surface area is 138 Å². The Balaban J connectivity index is 1.79. The van der Waals surface area contributed by atoms with Gasteiger partial charge >= 0.3 is 0 Å². The normalized spacial score (nSPS) is 10.4. The first-order chi connectivity index (χ1) is 11.7. The second-order valence-corrected chi connectivity index (χ2v) is 5.25. The van der Waals surface area contributed by atoms with Crippen molar-refractivity contribution in [2.45, 2.75) is 6.54 Å². The Morgan fingerprint density at radius 1 is 1.25 bits per heavy atom. The molecule has 0 aliphatic heterocycles. The smallest absolute Gasteiger partial charge is 0.153 e. The van der Waals surface area contributed by atoms with Crippen LogP contribution >= 0.6 is 0 Å². The van der Waals surface area contributed by atoms with Crippen LogP contribution < -0.4 is 10.6 Å². The zero-order valence-corrected chi connectivity index (χ0v) is 13.1. The summed E-state index contributed by atoms with van der Waals surface area (Å²) in [7, 11) is 1.83. The molecule has 0 saturated heterocycles. The summed E-state index contributed by atoms with van der Waals surface area (Å²) in [5.41, 5.74) is 1.88. The Morgan fingerprint density at radius 3 is 2.79 bits per heavy atom. The molecule has 0 saturated carbocycles. The van der Waals surface area contributed by atoms with Gasteiger partial charge in [-0.1, -0.05) is 18.2 Å². The molecule has 122 valence electrons. The lowest BCUT2D eigenvalue weighted by Gasteiger charge is -2.12. The lowest BCUT2D eigenvalue weighted by Crippen LogP contribution is -2.06. The third-order valence-electron chi connectivity index (χ3n) is 3.49. The summed E-state index contributed by atoms with van der Waals surface area (Å²) in [6.45, 7) is 0.320. The van der Waals surface area contributed by atoms with E-state index in [1.165, 1.54) is 12.3 Å². The number of aryl methyl sites for hydroxylation is 1. The van der Waals surface area contributed by atoms with Gasteiger partial charge in [-0.05, 0) is 6.07 Å². The molecular weight excluding hydrogens is 307 g/mol. The van der Waals surface area contributed by atoms with Crippen LogP contribution in [0.5, 0.6) is 0 Å². The van der Waals surface area contributed by atoms with Crippen molar-refractivity contribution in [2.75, 3.05) is 10.6 Å². The van der Waals surface area contributed by atoms with Gasteiger partial charge in [0.25, 0.3) is 0 Å². The van der Waals surface area contributed by atoms with Gasteiger partial charge in [0.15, 0.2) is 5.82 Å². The molecule has 3 N–H and O–H groups in total. The molecule has 7 heteroatoms. The number of benzene rings is 1. The number of anilines is 3. The summed E-state index contributed by atoms with van der Waals surface area (Å²) in [4.78, 5) is 4.26. The molecule has 0 radical (unpaired) electrons. The molecular formula is C17H17FN6. The van der Waals surface area contributed by atoms with Crippen LogP contribution in [0.4, 0.5) is 21.7 Å². The van der Waals surface area contributed by atoms with E-state index in [2.05, 4.69) is 20.7 Å². The van der Waals surface area contributed by atoms with Crippen molar-refractivity contribution < 1.29 is 4.39 Å². The largest absolute Gasteiger partial charge is 0.380 e. The van der Waals surface area contributed by atoms with Crippen LogP contribution in [-0.2, 0) is 13.6 Å². The monoisotopic (exact) mass is 324 g/mol. The summed E-state index contributed by atoms with van der Waals surface area (Å²) in [6, 6.07) is 10.2. The van der Waals surface area contributed by atoms with E-state index in [-0.39, 0.29) is 5.82 Å². The highest BCUT2D eigenvalue weighted by atomic mass is 19.1. The molecule has 3 rings (SSSR count). The topological polar surface area (TPSA) is 78.6 Å². The third kappa shape index (κ3) is 3.57. The van der Waals surface area contributed by atoms with Gasteiger partial charge < -0.3 is 16.0 Å². The first-order valence-corrected chi connectivity index (χ1v) is 7.40. The van der Waals surface area contributed by atoms with Crippen molar-refractivity contribution >= 4 is 23.5 Å². The number of pyridine rings is 1. The first-order valence-electron chi connectivity index (χ1n) is 7.40. The van der Waals surface area contributed by atoms with E-state index < -0.39 is 0 Å². The molecule has 0 spiro atoms. The van der Waals surface area contributed by atoms with Gasteiger partial charge in [0, 0.05) is 61.1 Å². The van der Waals surface area contributed by atoms with E-state index in [0.717, 1.165) is 0 Å².